The van der Waals surface area contributed by atoms with E-state index in [1.165, 1.54) is 10.6 Å². The molecule has 0 aliphatic rings. The molecule has 0 saturated carbocycles. The third kappa shape index (κ3) is 6.43. The summed E-state index contributed by atoms with van der Waals surface area (Å²) in [6.45, 7) is 17.8. The van der Waals surface area contributed by atoms with Gasteiger partial charge in [0.2, 0.25) is 10.0 Å². The predicted octanol–water partition coefficient (Wildman–Crippen LogP) is 3.01. The molecule has 0 spiro atoms. The number of nitrogens with zero attached hydrogens (tertiary/aromatic N) is 1. The highest BCUT2D eigenvalue weighted by molar-refractivity contribution is 7.88. The smallest absolute Gasteiger partial charge is 0.212 e. The normalized spacial score (nSPS) is 15.4. The van der Waals surface area contributed by atoms with Crippen molar-refractivity contribution in [2.75, 3.05) is 12.8 Å². The molecule has 0 aliphatic heterocycles. The lowest BCUT2D eigenvalue weighted by molar-refractivity contribution is 0.0326. The summed E-state index contributed by atoms with van der Waals surface area (Å²) in [7, 11) is -3.30. The van der Waals surface area contributed by atoms with Crippen LogP contribution in [0.25, 0.3) is 0 Å². The van der Waals surface area contributed by atoms with E-state index < -0.39 is 15.6 Å². The van der Waals surface area contributed by atoms with E-state index in [1.54, 1.807) is 0 Å². The topological polar surface area (TPSA) is 46.6 Å². The first-order valence-electron chi connectivity index (χ1n) is 6.48. The molecule has 4 nitrogen and oxygen atoms in total. The van der Waals surface area contributed by atoms with Crippen molar-refractivity contribution in [2.24, 2.45) is 5.41 Å². The minimum absolute atomic E-state index is 0.0133. The molecule has 0 radical (unpaired) electrons. The third-order valence-electron chi connectivity index (χ3n) is 3.03. The molecule has 0 N–H and O–H groups in total. The average Bonchev–Trinajstić information content (AvgIpc) is 2.08. The molecule has 19 heavy (non-hydrogen) atoms. The van der Waals surface area contributed by atoms with Crippen LogP contribution in [-0.2, 0) is 14.8 Å². The van der Waals surface area contributed by atoms with Gasteiger partial charge in [-0.05, 0) is 33.1 Å². The Hall–Kier alpha value is -0.550. The largest absolute Gasteiger partial charge is 0.494 e. The molecule has 0 bridgehead atoms. The average molecular weight is 291 g/mol. The number of sulfonamides is 1. The molecule has 0 aromatic carbocycles. The Morgan fingerprint density at radius 2 is 1.63 bits per heavy atom. The lowest BCUT2D eigenvalue weighted by Crippen LogP contribution is -2.46. The zero-order valence-electron chi connectivity index (χ0n) is 13.6. The van der Waals surface area contributed by atoms with E-state index in [1.807, 2.05) is 27.7 Å². The Labute approximate surface area is 118 Å². The summed E-state index contributed by atoms with van der Waals surface area (Å²) in [4.78, 5) is 0. The van der Waals surface area contributed by atoms with Crippen molar-refractivity contribution >= 4 is 10.0 Å². The van der Waals surface area contributed by atoms with Gasteiger partial charge >= 0.3 is 0 Å². The second kappa shape index (κ2) is 5.83. The van der Waals surface area contributed by atoms with Gasteiger partial charge in [-0.15, -0.1) is 0 Å². The maximum atomic E-state index is 11.8. The summed E-state index contributed by atoms with van der Waals surface area (Å²) >= 11 is 0. The van der Waals surface area contributed by atoms with Gasteiger partial charge in [-0.2, -0.15) is 4.31 Å². The summed E-state index contributed by atoms with van der Waals surface area (Å²) in [5.74, 6) is 0.475. The molecule has 0 aliphatic carbocycles. The second-order valence-corrected chi connectivity index (χ2v) is 9.01. The molecular formula is C14H29NO3S. The van der Waals surface area contributed by atoms with Gasteiger partial charge in [0.25, 0.3) is 0 Å². The first-order valence-corrected chi connectivity index (χ1v) is 8.33. The highest BCUT2D eigenvalue weighted by Gasteiger charge is 2.31. The van der Waals surface area contributed by atoms with Gasteiger partial charge in [0.05, 0.1) is 12.8 Å². The lowest BCUT2D eigenvalue weighted by atomic mass is 9.90. The Morgan fingerprint density at radius 3 is 1.89 bits per heavy atom. The van der Waals surface area contributed by atoms with Crippen molar-refractivity contribution in [1.29, 1.82) is 0 Å². The molecule has 5 heteroatoms. The van der Waals surface area contributed by atoms with Crippen LogP contribution in [0.1, 0.15) is 48.5 Å². The SMILES string of the molecule is C=C(CN(C(C)(C)C)S(C)(=O)=O)O[C@@H](C)C(C)(C)C. The van der Waals surface area contributed by atoms with Crippen LogP contribution in [0.15, 0.2) is 12.3 Å². The molecule has 0 aromatic rings. The third-order valence-corrected chi connectivity index (χ3v) is 4.51. The van der Waals surface area contributed by atoms with E-state index >= 15 is 0 Å². The maximum Gasteiger partial charge on any atom is 0.212 e. The Bertz CT molecular complexity index is 413. The van der Waals surface area contributed by atoms with Gasteiger partial charge in [-0.25, -0.2) is 8.42 Å². The van der Waals surface area contributed by atoms with Crippen molar-refractivity contribution in [3.8, 4) is 0 Å². The minimum atomic E-state index is -3.30. The van der Waals surface area contributed by atoms with Crippen LogP contribution in [0.2, 0.25) is 0 Å². The molecule has 0 heterocycles. The van der Waals surface area contributed by atoms with Gasteiger partial charge in [0.1, 0.15) is 11.9 Å². The summed E-state index contributed by atoms with van der Waals surface area (Å²) in [6, 6.07) is 0. The predicted molar refractivity (Wildman–Crippen MR) is 80.4 cm³/mol. The maximum absolute atomic E-state index is 11.8. The lowest BCUT2D eigenvalue weighted by Gasteiger charge is -2.35. The van der Waals surface area contributed by atoms with Gasteiger partial charge in [0.15, 0.2) is 0 Å². The molecule has 114 valence electrons. The second-order valence-electron chi connectivity index (χ2n) is 7.11. The fraction of sp³-hybridized carbons (Fsp3) is 0.857. The van der Waals surface area contributed by atoms with Crippen molar-refractivity contribution in [2.45, 2.75) is 60.1 Å². The summed E-state index contributed by atoms with van der Waals surface area (Å²) in [6.07, 6.45) is 1.18. The van der Waals surface area contributed by atoms with Crippen LogP contribution >= 0.6 is 0 Å². The zero-order valence-corrected chi connectivity index (χ0v) is 14.4. The van der Waals surface area contributed by atoms with E-state index in [-0.39, 0.29) is 18.1 Å². The molecular weight excluding hydrogens is 262 g/mol. The highest BCUT2D eigenvalue weighted by Crippen LogP contribution is 2.25. The van der Waals surface area contributed by atoms with Crippen molar-refractivity contribution in [3.05, 3.63) is 12.3 Å². The summed E-state index contributed by atoms with van der Waals surface area (Å²) in [5, 5.41) is 0. The van der Waals surface area contributed by atoms with E-state index in [0.29, 0.717) is 5.76 Å². The monoisotopic (exact) mass is 291 g/mol. The number of hydrogen-bond donors (Lipinski definition) is 0. The van der Waals surface area contributed by atoms with Crippen molar-refractivity contribution < 1.29 is 13.2 Å². The van der Waals surface area contributed by atoms with E-state index in [0.717, 1.165) is 0 Å². The molecule has 0 saturated heterocycles. The number of ether oxygens (including phenoxy) is 1. The standard InChI is InChI=1S/C14H29NO3S/c1-11(18-12(2)13(3,4)5)10-15(14(6,7)8)19(9,16)17/h12H,1,10H2,2-9H3/t12-/m0/s1. The first-order chi connectivity index (χ1) is 8.15. The molecule has 0 rings (SSSR count). The van der Waals surface area contributed by atoms with Crippen LogP contribution < -0.4 is 0 Å². The minimum Gasteiger partial charge on any atom is -0.494 e. The van der Waals surface area contributed by atoms with Crippen molar-refractivity contribution in [3.63, 3.8) is 0 Å². The number of hydrogen-bond acceptors (Lipinski definition) is 3. The highest BCUT2D eigenvalue weighted by atomic mass is 32.2. The quantitative estimate of drug-likeness (QED) is 0.732. The number of rotatable bonds is 5. The first kappa shape index (κ1) is 18.4. The Kier molecular flexibility index (Phi) is 5.67. The molecule has 0 unspecified atom stereocenters. The van der Waals surface area contributed by atoms with Crippen LogP contribution in [0.4, 0.5) is 0 Å². The Morgan fingerprint density at radius 1 is 1.21 bits per heavy atom. The molecule has 0 aromatic heterocycles. The Balaban J connectivity index is 4.87. The molecule has 0 amide bonds. The van der Waals surface area contributed by atoms with Gasteiger partial charge < -0.3 is 4.74 Å². The van der Waals surface area contributed by atoms with E-state index in [2.05, 4.69) is 27.4 Å². The molecule has 0 fully saturated rings. The van der Waals surface area contributed by atoms with Crippen LogP contribution in [0.5, 0.6) is 0 Å². The van der Waals surface area contributed by atoms with Crippen molar-refractivity contribution in [1.82, 2.24) is 4.31 Å². The zero-order chi connectivity index (χ0) is 15.6. The summed E-state index contributed by atoms with van der Waals surface area (Å²) in [5.41, 5.74) is -0.508. The van der Waals surface area contributed by atoms with Crippen LogP contribution in [0, 0.1) is 5.41 Å². The summed E-state index contributed by atoms with van der Waals surface area (Å²) < 4.78 is 30.8. The molecule has 1 atom stereocenters. The van der Waals surface area contributed by atoms with E-state index in [4.69, 9.17) is 4.74 Å². The fourth-order valence-electron chi connectivity index (χ4n) is 1.48. The van der Waals surface area contributed by atoms with Gasteiger partial charge in [0, 0.05) is 5.54 Å². The van der Waals surface area contributed by atoms with Gasteiger partial charge in [-0.1, -0.05) is 27.4 Å². The van der Waals surface area contributed by atoms with Crippen LogP contribution in [-0.4, -0.2) is 37.2 Å². The van der Waals surface area contributed by atoms with Gasteiger partial charge in [-0.3, -0.25) is 0 Å². The van der Waals surface area contributed by atoms with Crippen LogP contribution in [0.3, 0.4) is 0 Å². The fourth-order valence-corrected chi connectivity index (χ4v) is 2.85. The van der Waals surface area contributed by atoms with E-state index in [9.17, 15) is 8.42 Å².